The Morgan fingerprint density at radius 3 is 2.80 bits per heavy atom. The third kappa shape index (κ3) is 4.01. The summed E-state index contributed by atoms with van der Waals surface area (Å²) in [6.45, 7) is 0. The number of thiophene rings is 1. The van der Waals surface area contributed by atoms with Crippen molar-refractivity contribution in [3.63, 3.8) is 0 Å². The number of rotatable bonds is 6. The molecule has 0 unspecified atom stereocenters. The molecule has 0 saturated heterocycles. The summed E-state index contributed by atoms with van der Waals surface area (Å²) < 4.78 is 10.3. The van der Waals surface area contributed by atoms with Gasteiger partial charge in [0, 0.05) is 22.4 Å². The summed E-state index contributed by atoms with van der Waals surface area (Å²) in [5, 5.41) is 17.4. The summed E-state index contributed by atoms with van der Waals surface area (Å²) in [4.78, 5) is 26.8. The van der Waals surface area contributed by atoms with E-state index in [2.05, 4.69) is 4.98 Å². The molecule has 128 valence electrons. The van der Waals surface area contributed by atoms with Gasteiger partial charge in [0.05, 0.1) is 30.2 Å². The van der Waals surface area contributed by atoms with E-state index in [1.807, 2.05) is 16.8 Å². The van der Waals surface area contributed by atoms with E-state index in [-0.39, 0.29) is 23.6 Å². The number of non-ortho nitro benzene ring substituents is 1. The summed E-state index contributed by atoms with van der Waals surface area (Å²) in [6.07, 6.45) is -0.0352. The van der Waals surface area contributed by atoms with Crippen LogP contribution in [0.4, 0.5) is 5.69 Å². The number of carbonyl (C=O) groups excluding carboxylic acids is 1. The first-order chi connectivity index (χ1) is 12.1. The van der Waals surface area contributed by atoms with Crippen molar-refractivity contribution in [1.82, 2.24) is 4.98 Å². The van der Waals surface area contributed by atoms with Gasteiger partial charge in [0.2, 0.25) is 0 Å². The number of thiazole rings is 1. The lowest BCUT2D eigenvalue weighted by Gasteiger charge is -2.08. The molecule has 0 atom stereocenters. The first-order valence-corrected chi connectivity index (χ1v) is 8.89. The summed E-state index contributed by atoms with van der Waals surface area (Å²) in [5.74, 6) is -0.313. The fourth-order valence-corrected chi connectivity index (χ4v) is 3.60. The molecule has 0 aliphatic rings. The second-order valence-electron chi connectivity index (χ2n) is 4.90. The molecule has 2 heterocycles. The topological polar surface area (TPSA) is 91.6 Å². The Bertz CT molecular complexity index is 905. The predicted molar refractivity (Wildman–Crippen MR) is 94.4 cm³/mol. The van der Waals surface area contributed by atoms with Crippen LogP contribution in [0.3, 0.4) is 0 Å². The van der Waals surface area contributed by atoms with Gasteiger partial charge in [0.15, 0.2) is 11.5 Å². The predicted octanol–water partition coefficient (Wildman–Crippen LogP) is 3.94. The Morgan fingerprint density at radius 2 is 2.12 bits per heavy atom. The van der Waals surface area contributed by atoms with Crippen LogP contribution in [0.5, 0.6) is 11.5 Å². The Hall–Kier alpha value is -2.78. The molecule has 0 amide bonds. The summed E-state index contributed by atoms with van der Waals surface area (Å²) >= 11 is 3.02. The van der Waals surface area contributed by atoms with Crippen LogP contribution >= 0.6 is 22.7 Å². The molecule has 9 heteroatoms. The minimum absolute atomic E-state index is 0.00925. The molecule has 0 aliphatic carbocycles. The molecule has 1 aromatic carbocycles. The van der Waals surface area contributed by atoms with Crippen LogP contribution in [0.25, 0.3) is 10.6 Å². The van der Waals surface area contributed by atoms with Crippen molar-refractivity contribution >= 4 is 34.3 Å². The van der Waals surface area contributed by atoms with Crippen LogP contribution in [-0.4, -0.2) is 23.0 Å². The van der Waals surface area contributed by atoms with Crippen molar-refractivity contribution in [3.8, 4) is 22.1 Å². The van der Waals surface area contributed by atoms with E-state index >= 15 is 0 Å². The number of benzene rings is 1. The number of methoxy groups -OCH3 is 1. The van der Waals surface area contributed by atoms with E-state index in [1.165, 1.54) is 30.6 Å². The standard InChI is InChI=1S/C16H12N2O5S2/c1-22-13-3-2-12(18(20)21)7-14(13)23-15(19)6-11-9-25-16(17-11)10-4-5-24-8-10/h2-5,7-9H,6H2,1H3. The van der Waals surface area contributed by atoms with Crippen LogP contribution in [0.15, 0.2) is 40.4 Å². The fraction of sp³-hybridized carbons (Fsp3) is 0.125. The number of carbonyl (C=O) groups is 1. The molecule has 25 heavy (non-hydrogen) atoms. The summed E-state index contributed by atoms with van der Waals surface area (Å²) in [6, 6.07) is 5.79. The number of nitrogens with zero attached hydrogens (tertiary/aromatic N) is 2. The highest BCUT2D eigenvalue weighted by molar-refractivity contribution is 7.14. The van der Waals surface area contributed by atoms with Gasteiger partial charge in [-0.2, -0.15) is 11.3 Å². The van der Waals surface area contributed by atoms with Gasteiger partial charge >= 0.3 is 5.97 Å². The second-order valence-corrected chi connectivity index (χ2v) is 6.54. The van der Waals surface area contributed by atoms with Crippen LogP contribution in [0.1, 0.15) is 5.69 Å². The van der Waals surface area contributed by atoms with Crippen molar-refractivity contribution in [1.29, 1.82) is 0 Å². The van der Waals surface area contributed by atoms with Gasteiger partial charge in [-0.3, -0.25) is 14.9 Å². The highest BCUT2D eigenvalue weighted by Crippen LogP contribution is 2.31. The maximum absolute atomic E-state index is 12.1. The number of aromatic nitrogens is 1. The molecule has 0 bridgehead atoms. The van der Waals surface area contributed by atoms with Crippen LogP contribution in [-0.2, 0) is 11.2 Å². The van der Waals surface area contributed by atoms with Gasteiger partial charge in [0.1, 0.15) is 5.01 Å². The quantitative estimate of drug-likeness (QED) is 0.280. The number of hydrogen-bond acceptors (Lipinski definition) is 8. The number of ether oxygens (including phenoxy) is 2. The molecule has 0 fully saturated rings. The Morgan fingerprint density at radius 1 is 1.28 bits per heavy atom. The lowest BCUT2D eigenvalue weighted by molar-refractivity contribution is -0.384. The third-order valence-electron chi connectivity index (χ3n) is 3.23. The maximum Gasteiger partial charge on any atom is 0.317 e. The monoisotopic (exact) mass is 376 g/mol. The van der Waals surface area contributed by atoms with Gasteiger partial charge < -0.3 is 9.47 Å². The van der Waals surface area contributed by atoms with Gasteiger partial charge in [0.25, 0.3) is 5.69 Å². The Labute approximate surface area is 150 Å². The SMILES string of the molecule is COc1ccc([N+](=O)[O-])cc1OC(=O)Cc1csc(-c2ccsc2)n1. The lowest BCUT2D eigenvalue weighted by Crippen LogP contribution is -2.12. The normalized spacial score (nSPS) is 10.4. The van der Waals surface area contributed by atoms with E-state index in [9.17, 15) is 14.9 Å². The van der Waals surface area contributed by atoms with Gasteiger partial charge in [-0.05, 0) is 17.5 Å². The summed E-state index contributed by atoms with van der Waals surface area (Å²) in [5.41, 5.74) is 1.41. The molecule has 0 saturated carbocycles. The van der Waals surface area contributed by atoms with Crippen LogP contribution < -0.4 is 9.47 Å². The van der Waals surface area contributed by atoms with E-state index in [1.54, 1.807) is 16.7 Å². The number of nitro groups is 1. The smallest absolute Gasteiger partial charge is 0.317 e. The van der Waals surface area contributed by atoms with E-state index in [0.717, 1.165) is 16.6 Å². The van der Waals surface area contributed by atoms with Gasteiger partial charge in [-0.25, -0.2) is 4.98 Å². The number of hydrogen-bond donors (Lipinski definition) is 0. The lowest BCUT2D eigenvalue weighted by atomic mass is 10.2. The first-order valence-electron chi connectivity index (χ1n) is 7.07. The molecular weight excluding hydrogens is 364 g/mol. The van der Waals surface area contributed by atoms with Gasteiger partial charge in [-0.1, -0.05) is 0 Å². The fourth-order valence-electron chi connectivity index (χ4n) is 2.07. The molecular formula is C16H12N2O5S2. The van der Waals surface area contributed by atoms with Gasteiger partial charge in [-0.15, -0.1) is 11.3 Å². The Kier molecular flexibility index (Phi) is 5.05. The zero-order chi connectivity index (χ0) is 17.8. The average molecular weight is 376 g/mol. The third-order valence-corrected chi connectivity index (χ3v) is 4.85. The minimum Gasteiger partial charge on any atom is -0.493 e. The van der Waals surface area contributed by atoms with E-state index in [0.29, 0.717) is 5.69 Å². The van der Waals surface area contributed by atoms with E-state index in [4.69, 9.17) is 9.47 Å². The summed E-state index contributed by atoms with van der Waals surface area (Å²) in [7, 11) is 1.39. The molecule has 3 aromatic rings. The van der Waals surface area contributed by atoms with Crippen molar-refractivity contribution < 1.29 is 19.2 Å². The largest absolute Gasteiger partial charge is 0.493 e. The molecule has 0 aliphatic heterocycles. The highest BCUT2D eigenvalue weighted by atomic mass is 32.1. The van der Waals surface area contributed by atoms with Crippen LogP contribution in [0.2, 0.25) is 0 Å². The zero-order valence-electron chi connectivity index (χ0n) is 13.0. The van der Waals surface area contributed by atoms with Crippen LogP contribution in [0, 0.1) is 10.1 Å². The minimum atomic E-state index is -0.569. The molecule has 7 nitrogen and oxygen atoms in total. The number of esters is 1. The van der Waals surface area contributed by atoms with Crippen molar-refractivity contribution in [2.24, 2.45) is 0 Å². The second kappa shape index (κ2) is 7.41. The molecule has 3 rings (SSSR count). The van der Waals surface area contributed by atoms with Crippen molar-refractivity contribution in [3.05, 3.63) is 56.2 Å². The van der Waals surface area contributed by atoms with Crippen molar-refractivity contribution in [2.75, 3.05) is 7.11 Å². The molecule has 2 aromatic heterocycles. The zero-order valence-corrected chi connectivity index (χ0v) is 14.6. The number of nitro benzene ring substituents is 1. The van der Waals surface area contributed by atoms with Crippen molar-refractivity contribution in [2.45, 2.75) is 6.42 Å². The average Bonchev–Trinajstić information content (AvgIpc) is 3.25. The van der Waals surface area contributed by atoms with E-state index < -0.39 is 10.9 Å². The Balaban J connectivity index is 1.72. The molecule has 0 radical (unpaired) electrons. The highest BCUT2D eigenvalue weighted by Gasteiger charge is 2.17. The first kappa shape index (κ1) is 17.1. The molecule has 0 N–H and O–H groups in total. The maximum atomic E-state index is 12.1. The molecule has 0 spiro atoms.